The zero-order valence-electron chi connectivity index (χ0n) is 6.85. The van der Waals surface area contributed by atoms with E-state index in [9.17, 15) is 0 Å². The molecule has 0 aliphatic carbocycles. The second-order valence-electron chi connectivity index (χ2n) is 2.60. The predicted molar refractivity (Wildman–Crippen MR) is 42.1 cm³/mol. The van der Waals surface area contributed by atoms with Crippen LogP contribution in [0, 0.1) is 25.2 Å². The Morgan fingerprint density at radius 2 is 2.27 bits per heavy atom. The molecule has 0 bridgehead atoms. The SMILES string of the molecule is Cc1cc(CCC#N)c(C)o1. The molecule has 0 aliphatic heterocycles. The highest BCUT2D eigenvalue weighted by Gasteiger charge is 2.02. The van der Waals surface area contributed by atoms with Crippen molar-refractivity contribution in [1.29, 1.82) is 5.26 Å². The van der Waals surface area contributed by atoms with Crippen LogP contribution in [0.15, 0.2) is 10.5 Å². The van der Waals surface area contributed by atoms with E-state index in [-0.39, 0.29) is 0 Å². The average Bonchev–Trinajstić information content (AvgIpc) is 2.26. The van der Waals surface area contributed by atoms with Crippen molar-refractivity contribution < 1.29 is 4.42 Å². The second-order valence-corrected chi connectivity index (χ2v) is 2.60. The molecular weight excluding hydrogens is 138 g/mol. The van der Waals surface area contributed by atoms with E-state index in [2.05, 4.69) is 6.07 Å². The van der Waals surface area contributed by atoms with Gasteiger partial charge in [-0.3, -0.25) is 0 Å². The summed E-state index contributed by atoms with van der Waals surface area (Å²) < 4.78 is 5.30. The normalized spacial score (nSPS) is 9.55. The summed E-state index contributed by atoms with van der Waals surface area (Å²) in [5.41, 5.74) is 1.16. The largest absolute Gasteiger partial charge is 0.466 e. The van der Waals surface area contributed by atoms with Crippen LogP contribution < -0.4 is 0 Å². The molecule has 0 spiro atoms. The molecule has 11 heavy (non-hydrogen) atoms. The minimum absolute atomic E-state index is 0.569. The molecule has 0 saturated carbocycles. The third-order valence-corrected chi connectivity index (χ3v) is 1.65. The van der Waals surface area contributed by atoms with E-state index < -0.39 is 0 Å². The second kappa shape index (κ2) is 3.25. The zero-order valence-corrected chi connectivity index (χ0v) is 6.85. The third-order valence-electron chi connectivity index (χ3n) is 1.65. The molecule has 0 amide bonds. The summed E-state index contributed by atoms with van der Waals surface area (Å²) in [6, 6.07) is 4.10. The Balaban J connectivity index is 2.71. The van der Waals surface area contributed by atoms with Gasteiger partial charge in [-0.1, -0.05) is 0 Å². The molecule has 0 atom stereocenters. The Hall–Kier alpha value is -1.23. The van der Waals surface area contributed by atoms with Crippen LogP contribution in [0.3, 0.4) is 0 Å². The Bertz CT molecular complexity index is 280. The molecule has 0 aromatic carbocycles. The van der Waals surface area contributed by atoms with Crippen LogP contribution in [0.5, 0.6) is 0 Å². The fourth-order valence-corrected chi connectivity index (χ4v) is 1.12. The first kappa shape index (κ1) is 7.87. The van der Waals surface area contributed by atoms with Crippen LogP contribution in [0.2, 0.25) is 0 Å². The maximum Gasteiger partial charge on any atom is 0.104 e. The lowest BCUT2D eigenvalue weighted by Gasteiger charge is -1.89. The molecule has 0 N–H and O–H groups in total. The number of hydrogen-bond acceptors (Lipinski definition) is 2. The Morgan fingerprint density at radius 3 is 2.73 bits per heavy atom. The monoisotopic (exact) mass is 149 g/mol. The number of nitriles is 1. The van der Waals surface area contributed by atoms with E-state index in [1.54, 1.807) is 0 Å². The summed E-state index contributed by atoms with van der Waals surface area (Å²) in [5.74, 6) is 1.87. The number of hydrogen-bond donors (Lipinski definition) is 0. The van der Waals surface area contributed by atoms with Crippen LogP contribution in [0.4, 0.5) is 0 Å². The van der Waals surface area contributed by atoms with Gasteiger partial charge in [0, 0.05) is 6.42 Å². The molecule has 1 rings (SSSR count). The number of furan rings is 1. The van der Waals surface area contributed by atoms with E-state index in [0.29, 0.717) is 6.42 Å². The van der Waals surface area contributed by atoms with E-state index >= 15 is 0 Å². The number of rotatable bonds is 2. The van der Waals surface area contributed by atoms with Gasteiger partial charge < -0.3 is 4.42 Å². The fraction of sp³-hybridized carbons (Fsp3) is 0.444. The highest BCUT2D eigenvalue weighted by molar-refractivity contribution is 5.20. The summed E-state index contributed by atoms with van der Waals surface area (Å²) in [5, 5.41) is 8.34. The standard InChI is InChI=1S/C9H11NO/c1-7-6-9(4-3-5-10)8(2)11-7/h6H,3-4H2,1-2H3. The van der Waals surface area contributed by atoms with Gasteiger partial charge in [-0.15, -0.1) is 0 Å². The van der Waals surface area contributed by atoms with Gasteiger partial charge in [0.15, 0.2) is 0 Å². The highest BCUT2D eigenvalue weighted by Crippen LogP contribution is 2.14. The van der Waals surface area contributed by atoms with Crippen LogP contribution in [-0.2, 0) is 6.42 Å². The zero-order chi connectivity index (χ0) is 8.27. The molecule has 1 heterocycles. The Morgan fingerprint density at radius 1 is 1.55 bits per heavy atom. The lowest BCUT2D eigenvalue weighted by Crippen LogP contribution is -1.81. The Kier molecular flexibility index (Phi) is 2.32. The first-order chi connectivity index (χ1) is 5.24. The first-order valence-electron chi connectivity index (χ1n) is 3.67. The van der Waals surface area contributed by atoms with E-state index in [1.807, 2.05) is 19.9 Å². The number of aryl methyl sites for hydroxylation is 3. The van der Waals surface area contributed by atoms with Crippen LogP contribution in [0.25, 0.3) is 0 Å². The summed E-state index contributed by atoms with van der Waals surface area (Å²) in [4.78, 5) is 0. The molecule has 0 fully saturated rings. The van der Waals surface area contributed by atoms with Crippen LogP contribution in [0.1, 0.15) is 23.5 Å². The van der Waals surface area contributed by atoms with Crippen molar-refractivity contribution in [2.24, 2.45) is 0 Å². The first-order valence-corrected chi connectivity index (χ1v) is 3.67. The summed E-state index contributed by atoms with van der Waals surface area (Å²) in [6.45, 7) is 3.85. The van der Waals surface area contributed by atoms with Crippen LogP contribution in [-0.4, -0.2) is 0 Å². The maximum atomic E-state index is 8.34. The highest BCUT2D eigenvalue weighted by atomic mass is 16.3. The molecular formula is C9H11NO. The molecule has 0 unspecified atom stereocenters. The molecule has 58 valence electrons. The molecule has 2 nitrogen and oxygen atoms in total. The quantitative estimate of drug-likeness (QED) is 0.647. The lowest BCUT2D eigenvalue weighted by atomic mass is 10.1. The molecule has 0 aliphatic rings. The van der Waals surface area contributed by atoms with Crippen molar-refractivity contribution in [2.75, 3.05) is 0 Å². The van der Waals surface area contributed by atoms with Crippen molar-refractivity contribution in [1.82, 2.24) is 0 Å². The fourth-order valence-electron chi connectivity index (χ4n) is 1.12. The Labute approximate surface area is 66.4 Å². The molecule has 0 radical (unpaired) electrons. The van der Waals surface area contributed by atoms with Gasteiger partial charge in [-0.05, 0) is 31.9 Å². The molecule has 1 aromatic rings. The van der Waals surface area contributed by atoms with E-state index in [4.69, 9.17) is 9.68 Å². The number of nitrogens with zero attached hydrogens (tertiary/aromatic N) is 1. The van der Waals surface area contributed by atoms with Crippen molar-refractivity contribution in [3.63, 3.8) is 0 Å². The molecule has 1 aromatic heterocycles. The van der Waals surface area contributed by atoms with Crippen molar-refractivity contribution in [3.8, 4) is 6.07 Å². The van der Waals surface area contributed by atoms with E-state index in [0.717, 1.165) is 23.5 Å². The maximum absolute atomic E-state index is 8.34. The summed E-state index contributed by atoms with van der Waals surface area (Å²) >= 11 is 0. The van der Waals surface area contributed by atoms with Gasteiger partial charge in [-0.2, -0.15) is 5.26 Å². The average molecular weight is 149 g/mol. The van der Waals surface area contributed by atoms with Gasteiger partial charge >= 0.3 is 0 Å². The topological polar surface area (TPSA) is 36.9 Å². The van der Waals surface area contributed by atoms with Crippen LogP contribution >= 0.6 is 0 Å². The van der Waals surface area contributed by atoms with Gasteiger partial charge in [0.2, 0.25) is 0 Å². The van der Waals surface area contributed by atoms with E-state index in [1.165, 1.54) is 0 Å². The van der Waals surface area contributed by atoms with Crippen molar-refractivity contribution in [3.05, 3.63) is 23.2 Å². The molecule has 2 heteroatoms. The van der Waals surface area contributed by atoms with Crippen molar-refractivity contribution in [2.45, 2.75) is 26.7 Å². The minimum atomic E-state index is 0.569. The van der Waals surface area contributed by atoms with Gasteiger partial charge in [0.1, 0.15) is 11.5 Å². The summed E-state index contributed by atoms with van der Waals surface area (Å²) in [6.07, 6.45) is 1.37. The van der Waals surface area contributed by atoms with Gasteiger partial charge in [-0.25, -0.2) is 0 Å². The smallest absolute Gasteiger partial charge is 0.104 e. The van der Waals surface area contributed by atoms with Gasteiger partial charge in [0.25, 0.3) is 0 Å². The molecule has 0 saturated heterocycles. The van der Waals surface area contributed by atoms with Crippen molar-refractivity contribution >= 4 is 0 Å². The minimum Gasteiger partial charge on any atom is -0.466 e. The predicted octanol–water partition coefficient (Wildman–Crippen LogP) is 2.35. The third kappa shape index (κ3) is 1.84. The summed E-state index contributed by atoms with van der Waals surface area (Å²) in [7, 11) is 0. The lowest BCUT2D eigenvalue weighted by molar-refractivity contribution is 0.501. The van der Waals surface area contributed by atoms with Gasteiger partial charge in [0.05, 0.1) is 6.07 Å².